The molecule has 0 unspecified atom stereocenters. The van der Waals surface area contributed by atoms with Crippen LogP contribution in [0.1, 0.15) is 49.7 Å². The topological polar surface area (TPSA) is 116 Å². The molecule has 0 fully saturated rings. The van der Waals surface area contributed by atoms with E-state index in [0.717, 1.165) is 8.39 Å². The monoisotopic (exact) mass is 559 g/mol. The maximum Gasteiger partial charge on any atom is 0.413 e. The molecule has 4 rings (SSSR count). The van der Waals surface area contributed by atoms with E-state index in [1.807, 2.05) is 6.07 Å². The third kappa shape index (κ3) is 6.39. The summed E-state index contributed by atoms with van der Waals surface area (Å²) in [5, 5.41) is 7.11. The van der Waals surface area contributed by atoms with Crippen molar-refractivity contribution in [3.63, 3.8) is 0 Å². The van der Waals surface area contributed by atoms with Crippen molar-refractivity contribution < 1.29 is 27.1 Å². The SMILES string of the molecule is Cc1nn(S(=O)(=O)N(C)C)c2c1-c1cnc(NC(=O)OC(C)(C)C)c(c1)CCc1cc(F)ccc1OCCC2. The van der Waals surface area contributed by atoms with Crippen molar-refractivity contribution in [3.8, 4) is 16.9 Å². The molecule has 1 N–H and O–H groups in total. The lowest BCUT2D eigenvalue weighted by molar-refractivity contribution is 0.0635. The molecule has 1 aliphatic heterocycles. The minimum Gasteiger partial charge on any atom is -0.493 e. The first kappa shape index (κ1) is 28.5. The van der Waals surface area contributed by atoms with Crippen LogP contribution in [-0.4, -0.2) is 59.3 Å². The van der Waals surface area contributed by atoms with E-state index >= 15 is 0 Å². The van der Waals surface area contributed by atoms with Gasteiger partial charge in [-0.25, -0.2) is 14.2 Å². The van der Waals surface area contributed by atoms with Gasteiger partial charge in [0.25, 0.3) is 0 Å². The molecule has 210 valence electrons. The number of anilines is 1. The van der Waals surface area contributed by atoms with Crippen LogP contribution < -0.4 is 10.1 Å². The lowest BCUT2D eigenvalue weighted by Crippen LogP contribution is -2.31. The second-order valence-electron chi connectivity index (χ2n) is 10.6. The zero-order valence-electron chi connectivity index (χ0n) is 23.0. The van der Waals surface area contributed by atoms with Gasteiger partial charge in [-0.05, 0) is 88.8 Å². The van der Waals surface area contributed by atoms with E-state index in [-0.39, 0.29) is 5.82 Å². The third-order valence-electron chi connectivity index (χ3n) is 6.18. The van der Waals surface area contributed by atoms with Crippen molar-refractivity contribution in [2.24, 2.45) is 0 Å². The van der Waals surface area contributed by atoms with E-state index in [1.165, 1.54) is 26.2 Å². The Morgan fingerprint density at radius 2 is 1.87 bits per heavy atom. The van der Waals surface area contributed by atoms with Crippen molar-refractivity contribution >= 4 is 22.1 Å². The van der Waals surface area contributed by atoms with Gasteiger partial charge in [-0.2, -0.15) is 17.8 Å². The molecular formula is C27H34FN5O5S. The summed E-state index contributed by atoms with van der Waals surface area (Å²) < 4.78 is 54.0. The van der Waals surface area contributed by atoms with Crippen LogP contribution in [0.4, 0.5) is 15.0 Å². The molecule has 0 spiro atoms. The van der Waals surface area contributed by atoms with Crippen molar-refractivity contribution in [1.29, 1.82) is 0 Å². The van der Waals surface area contributed by atoms with Gasteiger partial charge in [-0.15, -0.1) is 4.09 Å². The highest BCUT2D eigenvalue weighted by Gasteiger charge is 2.27. The molecule has 0 atom stereocenters. The standard InChI is InChI=1S/C27H34FN5O5S/c1-17-24-20-14-19(25(29-16-20)30-26(34)38-27(2,3)4)10-9-18-15-21(28)11-12-23(18)37-13-7-8-22(24)33(31-17)39(35,36)32(5)6/h11-12,14-16H,7-10,13H2,1-6H3,(H,29,30,34). The van der Waals surface area contributed by atoms with E-state index in [0.29, 0.717) is 77.5 Å². The number of nitrogens with one attached hydrogen (secondary N) is 1. The predicted molar refractivity (Wildman–Crippen MR) is 146 cm³/mol. The molecule has 39 heavy (non-hydrogen) atoms. The Bertz CT molecular complexity index is 1490. The Kier molecular flexibility index (Phi) is 7.99. The van der Waals surface area contributed by atoms with E-state index in [1.54, 1.807) is 40.0 Å². The van der Waals surface area contributed by atoms with Gasteiger partial charge in [-0.1, -0.05) is 0 Å². The molecule has 3 aromatic rings. The van der Waals surface area contributed by atoms with Crippen LogP contribution in [0.15, 0.2) is 30.5 Å². The fourth-order valence-electron chi connectivity index (χ4n) is 4.42. The highest BCUT2D eigenvalue weighted by Crippen LogP contribution is 2.33. The van der Waals surface area contributed by atoms with Crippen LogP contribution in [-0.2, 0) is 34.2 Å². The minimum absolute atomic E-state index is 0.297. The Morgan fingerprint density at radius 3 is 2.56 bits per heavy atom. The molecule has 1 aliphatic rings. The summed E-state index contributed by atoms with van der Waals surface area (Å²) in [6.07, 6.45) is 2.59. The molecule has 10 nitrogen and oxygen atoms in total. The average molecular weight is 560 g/mol. The number of halogens is 1. The Morgan fingerprint density at radius 1 is 1.15 bits per heavy atom. The van der Waals surface area contributed by atoms with Crippen molar-refractivity contribution in [2.45, 2.75) is 59.0 Å². The van der Waals surface area contributed by atoms with Crippen LogP contribution in [0.2, 0.25) is 0 Å². The van der Waals surface area contributed by atoms with Crippen LogP contribution in [0.25, 0.3) is 11.1 Å². The molecule has 0 saturated carbocycles. The summed E-state index contributed by atoms with van der Waals surface area (Å²) in [6.45, 7) is 7.34. The molecule has 12 heteroatoms. The number of hydrogen-bond acceptors (Lipinski definition) is 7. The highest BCUT2D eigenvalue weighted by atomic mass is 32.2. The van der Waals surface area contributed by atoms with Gasteiger partial charge in [0.1, 0.15) is 23.0 Å². The summed E-state index contributed by atoms with van der Waals surface area (Å²) in [5.74, 6) is 0.471. The second-order valence-corrected chi connectivity index (χ2v) is 12.6. The number of pyridine rings is 1. The zero-order valence-corrected chi connectivity index (χ0v) is 23.9. The number of amides is 1. The summed E-state index contributed by atoms with van der Waals surface area (Å²) in [4.78, 5) is 17.1. The normalized spacial score (nSPS) is 14.3. The van der Waals surface area contributed by atoms with E-state index in [4.69, 9.17) is 9.47 Å². The van der Waals surface area contributed by atoms with Gasteiger partial charge in [0.2, 0.25) is 0 Å². The minimum atomic E-state index is -3.90. The fourth-order valence-corrected chi connectivity index (χ4v) is 5.41. The average Bonchev–Trinajstić information content (AvgIpc) is 3.17. The lowest BCUT2D eigenvalue weighted by Gasteiger charge is -2.20. The molecule has 3 heterocycles. The van der Waals surface area contributed by atoms with E-state index in [9.17, 15) is 17.6 Å². The largest absolute Gasteiger partial charge is 0.493 e. The first-order chi connectivity index (χ1) is 18.3. The predicted octanol–water partition coefficient (Wildman–Crippen LogP) is 4.50. The quantitative estimate of drug-likeness (QED) is 0.502. The number of rotatable bonds is 3. The van der Waals surface area contributed by atoms with Gasteiger partial charge >= 0.3 is 16.3 Å². The van der Waals surface area contributed by atoms with Crippen molar-refractivity contribution in [2.75, 3.05) is 26.0 Å². The molecule has 2 aromatic heterocycles. The highest BCUT2D eigenvalue weighted by molar-refractivity contribution is 7.87. The van der Waals surface area contributed by atoms with Crippen LogP contribution in [0.3, 0.4) is 0 Å². The molecule has 1 amide bonds. The Labute approximate surface area is 228 Å². The third-order valence-corrected chi connectivity index (χ3v) is 7.84. The number of carbonyl (C=O) groups excluding carboxylic acids is 1. The number of benzene rings is 1. The maximum atomic E-state index is 14.1. The Hall–Kier alpha value is -3.51. The summed E-state index contributed by atoms with van der Waals surface area (Å²) in [7, 11) is -0.990. The van der Waals surface area contributed by atoms with Crippen LogP contribution in [0.5, 0.6) is 5.75 Å². The number of aromatic nitrogens is 3. The molecule has 2 bridgehead atoms. The van der Waals surface area contributed by atoms with Crippen molar-refractivity contribution in [3.05, 3.63) is 58.8 Å². The molecule has 0 saturated heterocycles. The van der Waals surface area contributed by atoms with Gasteiger partial charge < -0.3 is 9.47 Å². The van der Waals surface area contributed by atoms with E-state index in [2.05, 4.69) is 15.4 Å². The van der Waals surface area contributed by atoms with Crippen molar-refractivity contribution in [1.82, 2.24) is 18.5 Å². The zero-order chi connectivity index (χ0) is 28.5. The maximum absolute atomic E-state index is 14.1. The van der Waals surface area contributed by atoms with Crippen LogP contribution in [0, 0.1) is 12.7 Å². The van der Waals surface area contributed by atoms with Gasteiger partial charge in [0.05, 0.1) is 18.0 Å². The summed E-state index contributed by atoms with van der Waals surface area (Å²) in [6, 6.07) is 6.23. The number of ether oxygens (including phenoxy) is 2. The van der Waals surface area contributed by atoms with Gasteiger partial charge in [-0.3, -0.25) is 5.32 Å². The molecule has 1 aromatic carbocycles. The number of nitrogens with zero attached hydrogens (tertiary/aromatic N) is 4. The summed E-state index contributed by atoms with van der Waals surface area (Å²) >= 11 is 0. The van der Waals surface area contributed by atoms with Gasteiger partial charge in [0, 0.05) is 31.4 Å². The molecule has 0 radical (unpaired) electrons. The lowest BCUT2D eigenvalue weighted by atomic mass is 9.98. The number of aryl methyl sites for hydroxylation is 3. The number of fused-ring (bicyclic) bond motifs is 5. The molecule has 0 aliphatic carbocycles. The fraction of sp³-hybridized carbons (Fsp3) is 0.444. The molecular weight excluding hydrogens is 525 g/mol. The van der Waals surface area contributed by atoms with Gasteiger partial charge in [0.15, 0.2) is 0 Å². The first-order valence-corrected chi connectivity index (χ1v) is 14.1. The smallest absolute Gasteiger partial charge is 0.413 e. The first-order valence-electron chi connectivity index (χ1n) is 12.7. The van der Waals surface area contributed by atoms with E-state index < -0.39 is 21.9 Å². The Balaban J connectivity index is 1.85. The van der Waals surface area contributed by atoms with Crippen LogP contribution >= 0.6 is 0 Å². The second kappa shape index (κ2) is 10.9. The number of carbonyl (C=O) groups is 1. The number of hydrogen-bond donors (Lipinski definition) is 1. The summed E-state index contributed by atoms with van der Waals surface area (Å²) in [5.41, 5.74) is 2.99.